The number of anilines is 1. The van der Waals surface area contributed by atoms with Gasteiger partial charge in [0.15, 0.2) is 11.2 Å². The van der Waals surface area contributed by atoms with E-state index in [2.05, 4.69) is 24.0 Å². The Morgan fingerprint density at radius 1 is 1.25 bits per heavy atom. The van der Waals surface area contributed by atoms with Gasteiger partial charge in [-0.1, -0.05) is 52.8 Å². The zero-order valence-electron chi connectivity index (χ0n) is 21.7. The highest BCUT2D eigenvalue weighted by molar-refractivity contribution is 7.22. The van der Waals surface area contributed by atoms with E-state index in [0.29, 0.717) is 10.6 Å². The van der Waals surface area contributed by atoms with Gasteiger partial charge in [0.1, 0.15) is 0 Å². The summed E-state index contributed by atoms with van der Waals surface area (Å²) in [7, 11) is 0. The summed E-state index contributed by atoms with van der Waals surface area (Å²) in [6.45, 7) is 13.5. The van der Waals surface area contributed by atoms with Crippen molar-refractivity contribution in [2.45, 2.75) is 59.7 Å². The molecule has 1 aliphatic rings. The van der Waals surface area contributed by atoms with Gasteiger partial charge in [0, 0.05) is 29.2 Å². The highest BCUT2D eigenvalue weighted by Crippen LogP contribution is 2.44. The third kappa shape index (κ3) is 5.51. The third-order valence-corrected chi connectivity index (χ3v) is 7.71. The molecular weight excluding hydrogens is 492 g/mol. The van der Waals surface area contributed by atoms with Crippen molar-refractivity contribution in [3.8, 4) is 11.1 Å². The second-order valence-corrected chi connectivity index (χ2v) is 11.7. The highest BCUT2D eigenvalue weighted by atomic mass is 35.5. The summed E-state index contributed by atoms with van der Waals surface area (Å²) in [5.41, 5.74) is 6.19. The smallest absolute Gasteiger partial charge is 0.337 e. The zero-order valence-corrected chi connectivity index (χ0v) is 23.3. The number of nitrogens with zero attached hydrogens (tertiary/aromatic N) is 2. The number of aromatic nitrogens is 1. The monoisotopic (exact) mass is 524 g/mol. The standard InChI is InChI=1S/C29H33ClN2O3S/c1-7-8-20-16-32(14-13-17(20)2)28-31-22-15-18(3)23(25(27(33)34)35-29(4,5)6)24(26(22)36-28)19-9-11-21(30)12-10-19/h7-12,15,25H,13-14,16H2,1-6H3,(H,33,34). The van der Waals surface area contributed by atoms with Crippen molar-refractivity contribution < 1.29 is 14.6 Å². The number of rotatable bonds is 6. The van der Waals surface area contributed by atoms with Gasteiger partial charge in [-0.15, -0.1) is 0 Å². The van der Waals surface area contributed by atoms with Crippen molar-refractivity contribution in [1.82, 2.24) is 4.98 Å². The molecular formula is C29H33ClN2O3S. The van der Waals surface area contributed by atoms with E-state index in [0.717, 1.165) is 51.5 Å². The Balaban J connectivity index is 1.93. The molecule has 0 fully saturated rings. The number of carboxylic acid groups (broad SMARTS) is 1. The minimum Gasteiger partial charge on any atom is -0.479 e. The summed E-state index contributed by atoms with van der Waals surface area (Å²) in [5.74, 6) is -1.01. The van der Waals surface area contributed by atoms with Gasteiger partial charge in [-0.3, -0.25) is 0 Å². The summed E-state index contributed by atoms with van der Waals surface area (Å²) < 4.78 is 7.07. The average Bonchev–Trinajstić information content (AvgIpc) is 3.22. The second-order valence-electron chi connectivity index (χ2n) is 10.3. The van der Waals surface area contributed by atoms with Crippen LogP contribution in [0.5, 0.6) is 0 Å². The molecule has 5 nitrogen and oxygen atoms in total. The predicted molar refractivity (Wildman–Crippen MR) is 150 cm³/mol. The maximum Gasteiger partial charge on any atom is 0.337 e. The quantitative estimate of drug-likeness (QED) is 0.354. The Morgan fingerprint density at radius 3 is 2.56 bits per heavy atom. The number of thiazole rings is 1. The molecule has 0 amide bonds. The molecule has 3 aromatic rings. The molecule has 2 aromatic carbocycles. The van der Waals surface area contributed by atoms with Crippen LogP contribution in [0.3, 0.4) is 0 Å². The van der Waals surface area contributed by atoms with Crippen LogP contribution in [0.4, 0.5) is 5.13 Å². The lowest BCUT2D eigenvalue weighted by atomic mass is 9.91. The van der Waals surface area contributed by atoms with Crippen LogP contribution >= 0.6 is 22.9 Å². The summed E-state index contributed by atoms with van der Waals surface area (Å²) in [6, 6.07) is 9.53. The minimum absolute atomic E-state index is 0.627. The van der Waals surface area contributed by atoms with Crippen LogP contribution < -0.4 is 4.90 Å². The normalized spacial score (nSPS) is 15.8. The van der Waals surface area contributed by atoms with Gasteiger partial charge in [0.25, 0.3) is 0 Å². The van der Waals surface area contributed by atoms with Crippen molar-refractivity contribution in [3.05, 3.63) is 69.8 Å². The molecule has 190 valence electrons. The van der Waals surface area contributed by atoms with E-state index in [1.54, 1.807) is 11.3 Å². The molecule has 0 spiro atoms. The number of aliphatic carboxylic acids is 1. The van der Waals surface area contributed by atoms with Crippen molar-refractivity contribution in [2.75, 3.05) is 18.0 Å². The van der Waals surface area contributed by atoms with Crippen molar-refractivity contribution >= 4 is 44.3 Å². The first-order valence-corrected chi connectivity index (χ1v) is 13.3. The summed E-state index contributed by atoms with van der Waals surface area (Å²) in [4.78, 5) is 19.8. The molecule has 1 aromatic heterocycles. The topological polar surface area (TPSA) is 62.7 Å². The van der Waals surface area contributed by atoms with Gasteiger partial charge in [0.05, 0.1) is 15.8 Å². The van der Waals surface area contributed by atoms with Crippen molar-refractivity contribution in [1.29, 1.82) is 0 Å². The number of hydrogen-bond acceptors (Lipinski definition) is 5. The fourth-order valence-corrected chi connectivity index (χ4v) is 5.88. The number of allylic oxidation sites excluding steroid dienone is 1. The third-order valence-electron chi connectivity index (χ3n) is 6.31. The van der Waals surface area contributed by atoms with Crippen molar-refractivity contribution in [3.63, 3.8) is 0 Å². The molecule has 0 radical (unpaired) electrons. The van der Waals surface area contributed by atoms with E-state index >= 15 is 0 Å². The van der Waals surface area contributed by atoms with Crippen LogP contribution in [0, 0.1) is 6.92 Å². The summed E-state index contributed by atoms with van der Waals surface area (Å²) in [5, 5.41) is 11.8. The van der Waals surface area contributed by atoms with Gasteiger partial charge < -0.3 is 14.7 Å². The van der Waals surface area contributed by atoms with Crippen LogP contribution in [0.1, 0.15) is 58.3 Å². The lowest BCUT2D eigenvalue weighted by Gasteiger charge is -2.28. The SMILES string of the molecule is CC=CC1=C(C)CCN(c2nc3cc(C)c(C(OC(C)(C)C)C(=O)O)c(-c4ccc(Cl)cc4)c3s2)C1. The van der Waals surface area contributed by atoms with Gasteiger partial charge in [0.2, 0.25) is 0 Å². The molecule has 0 bridgehead atoms. The van der Waals surface area contributed by atoms with Crippen LogP contribution in [-0.2, 0) is 9.53 Å². The number of hydrogen-bond donors (Lipinski definition) is 1. The number of carbonyl (C=O) groups is 1. The van der Waals surface area contributed by atoms with E-state index in [4.69, 9.17) is 21.3 Å². The van der Waals surface area contributed by atoms with Crippen LogP contribution in [0.25, 0.3) is 21.3 Å². The minimum atomic E-state index is -1.12. The first-order valence-electron chi connectivity index (χ1n) is 12.2. The molecule has 1 aliphatic heterocycles. The van der Waals surface area contributed by atoms with E-state index < -0.39 is 17.7 Å². The molecule has 4 rings (SSSR count). The van der Waals surface area contributed by atoms with Gasteiger partial charge in [-0.2, -0.15) is 0 Å². The zero-order chi connectivity index (χ0) is 26.2. The second kappa shape index (κ2) is 10.4. The fraction of sp³-hybridized carbons (Fsp3) is 0.379. The van der Waals surface area contributed by atoms with E-state index in [1.165, 1.54) is 11.1 Å². The molecule has 1 unspecified atom stereocenters. The van der Waals surface area contributed by atoms with E-state index in [9.17, 15) is 9.90 Å². The lowest BCUT2D eigenvalue weighted by Crippen LogP contribution is -2.30. The van der Waals surface area contributed by atoms with Gasteiger partial charge >= 0.3 is 5.97 Å². The lowest BCUT2D eigenvalue weighted by molar-refractivity contribution is -0.160. The molecule has 2 heterocycles. The fourth-order valence-electron chi connectivity index (χ4n) is 4.60. The first-order chi connectivity index (χ1) is 17.0. The molecule has 0 saturated carbocycles. The Morgan fingerprint density at radius 2 is 1.94 bits per heavy atom. The average molecular weight is 525 g/mol. The van der Waals surface area contributed by atoms with Crippen LogP contribution in [-0.4, -0.2) is 34.8 Å². The summed E-state index contributed by atoms with van der Waals surface area (Å²) >= 11 is 7.81. The van der Waals surface area contributed by atoms with Crippen molar-refractivity contribution in [2.24, 2.45) is 0 Å². The number of ether oxygens (including phenoxy) is 1. The number of aryl methyl sites for hydroxylation is 1. The van der Waals surface area contributed by atoms with Crippen LogP contribution in [0.2, 0.25) is 5.02 Å². The van der Waals surface area contributed by atoms with E-state index in [1.807, 2.05) is 65.0 Å². The number of benzene rings is 2. The summed E-state index contributed by atoms with van der Waals surface area (Å²) in [6.07, 6.45) is 4.13. The Bertz CT molecular complexity index is 1350. The van der Waals surface area contributed by atoms with E-state index in [-0.39, 0.29) is 0 Å². The first kappa shape index (κ1) is 26.4. The maximum absolute atomic E-state index is 12.5. The Labute approximate surface area is 222 Å². The predicted octanol–water partition coefficient (Wildman–Crippen LogP) is 7.97. The Hall–Kier alpha value is -2.67. The largest absolute Gasteiger partial charge is 0.479 e. The number of fused-ring (bicyclic) bond motifs is 1. The molecule has 36 heavy (non-hydrogen) atoms. The van der Waals surface area contributed by atoms with Crippen LogP contribution in [0.15, 0.2) is 53.6 Å². The molecule has 1 N–H and O–H groups in total. The highest BCUT2D eigenvalue weighted by Gasteiger charge is 2.32. The number of halogens is 1. The molecule has 0 aliphatic carbocycles. The van der Waals surface area contributed by atoms with Gasteiger partial charge in [-0.05, 0) is 82.9 Å². The van der Waals surface area contributed by atoms with Gasteiger partial charge in [-0.25, -0.2) is 9.78 Å². The molecule has 0 saturated heterocycles. The molecule has 7 heteroatoms. The number of carboxylic acids is 1. The Kier molecular flexibility index (Phi) is 7.60. The molecule has 1 atom stereocenters. The maximum atomic E-state index is 12.5.